The summed E-state index contributed by atoms with van der Waals surface area (Å²) in [5.41, 5.74) is -4.46. The van der Waals surface area contributed by atoms with Crippen LogP contribution in [0.2, 0.25) is 0 Å². The van der Waals surface area contributed by atoms with E-state index in [0.29, 0.717) is 23.5 Å². The molecule has 5 nitrogen and oxygen atoms in total. The Morgan fingerprint density at radius 1 is 1.16 bits per heavy atom. The zero-order valence-corrected chi connectivity index (χ0v) is 18.5. The molecule has 0 N–H and O–H groups in total. The van der Waals surface area contributed by atoms with E-state index < -0.39 is 35.8 Å². The SMILES string of the molecule is COc1ccc(C2=NC(C(F)(F)F)(C(F)(F)F)C(N(C)C(=O)CCCC(C)C)N2C)cc1. The summed E-state index contributed by atoms with van der Waals surface area (Å²) < 4.78 is 89.7. The van der Waals surface area contributed by atoms with Gasteiger partial charge < -0.3 is 14.5 Å². The minimum absolute atomic E-state index is 0.0364. The van der Waals surface area contributed by atoms with Crippen molar-refractivity contribution in [2.45, 2.75) is 57.2 Å². The van der Waals surface area contributed by atoms with Gasteiger partial charge in [0.05, 0.1) is 7.11 Å². The van der Waals surface area contributed by atoms with Gasteiger partial charge in [0.25, 0.3) is 5.54 Å². The van der Waals surface area contributed by atoms with Crippen LogP contribution in [0, 0.1) is 5.92 Å². The van der Waals surface area contributed by atoms with Crippen LogP contribution in [-0.2, 0) is 4.79 Å². The monoisotopic (exact) mass is 467 g/mol. The van der Waals surface area contributed by atoms with Crippen LogP contribution in [0.3, 0.4) is 0 Å². The molecule has 180 valence electrons. The van der Waals surface area contributed by atoms with Gasteiger partial charge >= 0.3 is 12.4 Å². The van der Waals surface area contributed by atoms with Gasteiger partial charge in [0.15, 0.2) is 0 Å². The Balaban J connectivity index is 2.56. The number of hydrogen-bond acceptors (Lipinski definition) is 4. The van der Waals surface area contributed by atoms with Crippen LogP contribution in [0.4, 0.5) is 26.3 Å². The quantitative estimate of drug-likeness (QED) is 0.538. The summed E-state index contributed by atoms with van der Waals surface area (Å²) in [5, 5.41) is 0. The molecule has 1 aliphatic heterocycles. The van der Waals surface area contributed by atoms with Crippen molar-refractivity contribution in [1.82, 2.24) is 9.80 Å². The minimum Gasteiger partial charge on any atom is -0.497 e. The molecule has 0 saturated carbocycles. The molecule has 1 heterocycles. The number of amides is 1. The highest BCUT2D eigenvalue weighted by molar-refractivity contribution is 6.01. The third-order valence-electron chi connectivity index (χ3n) is 5.50. The lowest BCUT2D eigenvalue weighted by atomic mass is 9.93. The van der Waals surface area contributed by atoms with Gasteiger partial charge in [-0.05, 0) is 36.6 Å². The molecule has 1 amide bonds. The topological polar surface area (TPSA) is 45.1 Å². The van der Waals surface area contributed by atoms with E-state index in [1.807, 2.05) is 13.8 Å². The number of amidine groups is 1. The molecule has 1 unspecified atom stereocenters. The van der Waals surface area contributed by atoms with E-state index in [-0.39, 0.29) is 17.9 Å². The summed E-state index contributed by atoms with van der Waals surface area (Å²) in [6.45, 7) is 3.82. The summed E-state index contributed by atoms with van der Waals surface area (Å²) in [7, 11) is 3.41. The number of likely N-dealkylation sites (N-methyl/N-ethyl adjacent to an activating group) is 2. The van der Waals surface area contributed by atoms with Crippen LogP contribution in [0.15, 0.2) is 29.3 Å². The number of rotatable bonds is 7. The minimum atomic E-state index is -5.80. The fourth-order valence-electron chi connectivity index (χ4n) is 3.80. The average molecular weight is 467 g/mol. The summed E-state index contributed by atoms with van der Waals surface area (Å²) in [6.07, 6.45) is -13.2. The molecule has 0 fully saturated rings. The fourth-order valence-corrected chi connectivity index (χ4v) is 3.80. The van der Waals surface area contributed by atoms with Gasteiger partial charge in [-0.3, -0.25) is 4.79 Å². The van der Waals surface area contributed by atoms with Crippen LogP contribution in [0.5, 0.6) is 5.75 Å². The van der Waals surface area contributed by atoms with Crippen molar-refractivity contribution < 1.29 is 35.9 Å². The summed E-state index contributed by atoms with van der Waals surface area (Å²) >= 11 is 0. The first-order chi connectivity index (χ1) is 14.7. The Morgan fingerprint density at radius 2 is 1.69 bits per heavy atom. The summed E-state index contributed by atoms with van der Waals surface area (Å²) in [5.74, 6) is -0.709. The van der Waals surface area contributed by atoms with Gasteiger partial charge in [0.1, 0.15) is 17.8 Å². The average Bonchev–Trinajstić information content (AvgIpc) is 3.01. The molecule has 0 aliphatic carbocycles. The van der Waals surface area contributed by atoms with E-state index in [4.69, 9.17) is 4.74 Å². The van der Waals surface area contributed by atoms with Crippen molar-refractivity contribution in [3.63, 3.8) is 0 Å². The maximum absolute atomic E-state index is 14.1. The van der Waals surface area contributed by atoms with E-state index in [1.54, 1.807) is 0 Å². The highest BCUT2D eigenvalue weighted by atomic mass is 19.4. The van der Waals surface area contributed by atoms with E-state index >= 15 is 0 Å². The van der Waals surface area contributed by atoms with Gasteiger partial charge in [-0.15, -0.1) is 0 Å². The van der Waals surface area contributed by atoms with Gasteiger partial charge in [0, 0.05) is 26.1 Å². The summed E-state index contributed by atoms with van der Waals surface area (Å²) in [4.78, 5) is 17.1. The molecule has 1 aromatic carbocycles. The molecule has 11 heteroatoms. The molecule has 1 aliphatic rings. The molecule has 1 aromatic rings. The molecular formula is C21H27F6N3O2. The number of benzene rings is 1. The van der Waals surface area contributed by atoms with Crippen molar-refractivity contribution in [3.05, 3.63) is 29.8 Å². The lowest BCUT2D eigenvalue weighted by Crippen LogP contribution is -2.69. The Labute approximate surface area is 183 Å². The van der Waals surface area contributed by atoms with Crippen molar-refractivity contribution in [2.75, 3.05) is 21.2 Å². The van der Waals surface area contributed by atoms with Gasteiger partial charge in [-0.2, -0.15) is 26.3 Å². The van der Waals surface area contributed by atoms with Crippen molar-refractivity contribution in [1.29, 1.82) is 0 Å². The van der Waals surface area contributed by atoms with Crippen LogP contribution < -0.4 is 4.74 Å². The lowest BCUT2D eigenvalue weighted by molar-refractivity contribution is -0.312. The molecule has 1 atom stereocenters. The molecule has 0 spiro atoms. The number of hydrogen-bond donors (Lipinski definition) is 0. The van der Waals surface area contributed by atoms with Crippen molar-refractivity contribution >= 4 is 11.7 Å². The van der Waals surface area contributed by atoms with E-state index in [1.165, 1.54) is 31.4 Å². The van der Waals surface area contributed by atoms with Gasteiger partial charge in [-0.1, -0.05) is 20.3 Å². The van der Waals surface area contributed by atoms with E-state index in [0.717, 1.165) is 19.0 Å². The fraction of sp³-hybridized carbons (Fsp3) is 0.619. The molecular weight excluding hydrogens is 440 g/mol. The van der Waals surface area contributed by atoms with Gasteiger partial charge in [-0.25, -0.2) is 4.99 Å². The third kappa shape index (κ3) is 4.66. The molecule has 0 aromatic heterocycles. The smallest absolute Gasteiger partial charge is 0.426 e. The zero-order valence-electron chi connectivity index (χ0n) is 18.5. The predicted octanol–water partition coefficient (Wildman–Crippen LogP) is 4.86. The maximum Gasteiger partial charge on any atom is 0.426 e. The van der Waals surface area contributed by atoms with E-state index in [9.17, 15) is 31.1 Å². The number of aliphatic imine (C=N–C) groups is 1. The number of carbonyl (C=O) groups excluding carboxylic acids is 1. The predicted molar refractivity (Wildman–Crippen MR) is 107 cm³/mol. The number of nitrogens with zero attached hydrogens (tertiary/aromatic N) is 3. The number of halogens is 6. The second kappa shape index (κ2) is 9.19. The van der Waals surface area contributed by atoms with E-state index in [2.05, 4.69) is 4.99 Å². The van der Waals surface area contributed by atoms with Gasteiger partial charge in [0.2, 0.25) is 5.91 Å². The largest absolute Gasteiger partial charge is 0.497 e. The second-order valence-electron chi connectivity index (χ2n) is 8.20. The first-order valence-electron chi connectivity index (χ1n) is 10.0. The standard InChI is InChI=1S/C21H27F6N3O2/c1-13(2)7-6-8-16(31)29(3)18-19(20(22,23)24,21(25,26)27)28-17(30(18)4)14-9-11-15(32-5)12-10-14/h9-13,18H,6-8H2,1-5H3. The number of alkyl halides is 6. The van der Waals surface area contributed by atoms with Crippen LogP contribution in [0.25, 0.3) is 0 Å². The Hall–Kier alpha value is -2.46. The Kier molecular flexibility index (Phi) is 7.41. The van der Waals surface area contributed by atoms with Crippen LogP contribution in [0.1, 0.15) is 38.7 Å². The highest BCUT2D eigenvalue weighted by Crippen LogP contribution is 2.53. The summed E-state index contributed by atoms with van der Waals surface area (Å²) in [6, 6.07) is 5.45. The molecule has 0 saturated heterocycles. The van der Waals surface area contributed by atoms with Crippen LogP contribution in [-0.4, -0.2) is 66.8 Å². The molecule has 2 rings (SSSR count). The second-order valence-corrected chi connectivity index (χ2v) is 8.20. The molecule has 32 heavy (non-hydrogen) atoms. The third-order valence-corrected chi connectivity index (χ3v) is 5.50. The van der Waals surface area contributed by atoms with Crippen molar-refractivity contribution in [3.8, 4) is 5.75 Å². The maximum atomic E-state index is 14.1. The lowest BCUT2D eigenvalue weighted by Gasteiger charge is -2.42. The first kappa shape index (κ1) is 25.8. The molecule has 0 radical (unpaired) electrons. The zero-order chi connectivity index (χ0) is 24.5. The van der Waals surface area contributed by atoms with Crippen molar-refractivity contribution in [2.24, 2.45) is 10.9 Å². The van der Waals surface area contributed by atoms with Crippen LogP contribution >= 0.6 is 0 Å². The Morgan fingerprint density at radius 3 is 2.12 bits per heavy atom. The molecule has 0 bridgehead atoms. The Bertz CT molecular complexity index is 819. The number of methoxy groups -OCH3 is 1. The number of ether oxygens (including phenoxy) is 1. The highest BCUT2D eigenvalue weighted by Gasteiger charge is 2.79. The first-order valence-corrected chi connectivity index (χ1v) is 10.0. The normalized spacial score (nSPS) is 18.7. The number of carbonyl (C=O) groups is 1.